The number of nitrogens with two attached hydrogens (primary N) is 1. The van der Waals surface area contributed by atoms with Crippen molar-refractivity contribution >= 4 is 23.5 Å². The van der Waals surface area contributed by atoms with Gasteiger partial charge in [-0.3, -0.25) is 9.69 Å². The minimum Gasteiger partial charge on any atom is -0.366 e. The van der Waals surface area contributed by atoms with Crippen molar-refractivity contribution in [3.8, 4) is 0 Å². The lowest BCUT2D eigenvalue weighted by atomic mass is 9.85. The molecule has 1 heterocycles. The lowest BCUT2D eigenvalue weighted by Gasteiger charge is -2.40. The number of nitrogens with zero attached hydrogens (tertiary/aromatic N) is 2. The Morgan fingerprint density at radius 1 is 1.23 bits per heavy atom. The molecule has 7 heteroatoms. The Morgan fingerprint density at radius 2 is 2.03 bits per heavy atom. The summed E-state index contributed by atoms with van der Waals surface area (Å²) in [5.41, 5.74) is 8.09. The van der Waals surface area contributed by atoms with Gasteiger partial charge in [0.2, 0.25) is 5.91 Å². The molecule has 2 unspecified atom stereocenters. The molecule has 2 aromatic rings. The summed E-state index contributed by atoms with van der Waals surface area (Å²) in [6, 6.07) is 15.8. The van der Waals surface area contributed by atoms with Gasteiger partial charge in [-0.25, -0.2) is 4.99 Å². The van der Waals surface area contributed by atoms with Crippen molar-refractivity contribution in [3.63, 3.8) is 0 Å². The van der Waals surface area contributed by atoms with Gasteiger partial charge < -0.3 is 16.4 Å². The van der Waals surface area contributed by atoms with E-state index >= 15 is 0 Å². The topological polar surface area (TPSA) is 82.7 Å². The minimum absolute atomic E-state index is 0.315. The molecule has 1 aliphatic rings. The van der Waals surface area contributed by atoms with E-state index in [1.165, 1.54) is 12.0 Å². The molecule has 0 aromatic heterocycles. The Hall–Kier alpha value is -2.57. The summed E-state index contributed by atoms with van der Waals surface area (Å²) in [5, 5.41) is 7.61. The van der Waals surface area contributed by atoms with E-state index in [9.17, 15) is 4.79 Å². The van der Waals surface area contributed by atoms with Crippen molar-refractivity contribution in [2.45, 2.75) is 32.4 Å². The van der Waals surface area contributed by atoms with E-state index < -0.39 is 5.91 Å². The maximum Gasteiger partial charge on any atom is 0.248 e. The van der Waals surface area contributed by atoms with Crippen LogP contribution in [0, 0.1) is 5.92 Å². The van der Waals surface area contributed by atoms with Gasteiger partial charge in [-0.15, -0.1) is 0 Å². The van der Waals surface area contributed by atoms with Crippen LogP contribution in [0.25, 0.3) is 0 Å². The van der Waals surface area contributed by atoms with Gasteiger partial charge in [0.05, 0.1) is 6.54 Å². The summed E-state index contributed by atoms with van der Waals surface area (Å²) < 4.78 is 0. The molecule has 1 aliphatic heterocycles. The number of rotatable bonds is 7. The molecule has 6 nitrogen and oxygen atoms in total. The van der Waals surface area contributed by atoms with Crippen LogP contribution in [0.1, 0.15) is 47.3 Å². The fraction of sp³-hybridized carbons (Fsp3) is 0.417. The first-order valence-corrected chi connectivity index (χ1v) is 11.2. The standard InChI is InChI=1S/C24H32ClN5O/c1-3-27-24(28-15-17-7-4-9-19(13-17)23(26)31)29-16-20-10-6-12-30(2)22(20)18-8-5-11-21(25)14-18/h4-5,7-9,11,13-14,20,22H,3,6,10,12,15-16H2,1-2H3,(H2,26,31)(H2,27,28,29). The number of benzene rings is 2. The van der Waals surface area contributed by atoms with Crippen LogP contribution < -0.4 is 16.4 Å². The lowest BCUT2D eigenvalue weighted by Crippen LogP contribution is -2.45. The zero-order chi connectivity index (χ0) is 22.2. The Bertz CT molecular complexity index is 916. The van der Waals surface area contributed by atoms with E-state index in [4.69, 9.17) is 22.3 Å². The van der Waals surface area contributed by atoms with Crippen LogP contribution in [0.2, 0.25) is 5.02 Å². The van der Waals surface area contributed by atoms with Crippen molar-refractivity contribution in [3.05, 3.63) is 70.2 Å². The first-order chi connectivity index (χ1) is 15.0. The first kappa shape index (κ1) is 23.1. The molecule has 0 radical (unpaired) electrons. The average molecular weight is 442 g/mol. The number of hydrogen-bond acceptors (Lipinski definition) is 3. The number of nitrogens with one attached hydrogen (secondary N) is 2. The lowest BCUT2D eigenvalue weighted by molar-refractivity contribution is 0.1000. The minimum atomic E-state index is -0.427. The van der Waals surface area contributed by atoms with Crippen molar-refractivity contribution in [1.29, 1.82) is 0 Å². The third-order valence-electron chi connectivity index (χ3n) is 5.70. The summed E-state index contributed by atoms with van der Waals surface area (Å²) in [7, 11) is 2.18. The molecule has 4 N–H and O–H groups in total. The van der Waals surface area contributed by atoms with Gasteiger partial charge in [0, 0.05) is 29.7 Å². The molecular formula is C24H32ClN5O. The van der Waals surface area contributed by atoms with E-state index in [-0.39, 0.29) is 0 Å². The van der Waals surface area contributed by atoms with Gasteiger partial charge >= 0.3 is 0 Å². The third kappa shape index (κ3) is 6.45. The fourth-order valence-electron chi connectivity index (χ4n) is 4.25. The van der Waals surface area contributed by atoms with Gasteiger partial charge in [0.15, 0.2) is 5.96 Å². The third-order valence-corrected chi connectivity index (χ3v) is 5.94. The highest BCUT2D eigenvalue weighted by Gasteiger charge is 2.30. The number of primary amides is 1. The SMILES string of the molecule is CCNC(=NCc1cccc(C(N)=O)c1)NCC1CCCN(C)C1c1cccc(Cl)c1. The van der Waals surface area contributed by atoms with Crippen molar-refractivity contribution in [2.75, 3.05) is 26.7 Å². The molecule has 31 heavy (non-hydrogen) atoms. The highest BCUT2D eigenvalue weighted by molar-refractivity contribution is 6.30. The molecule has 166 valence electrons. The quantitative estimate of drug-likeness (QED) is 0.453. The van der Waals surface area contributed by atoms with Crippen LogP contribution in [0.5, 0.6) is 0 Å². The zero-order valence-corrected chi connectivity index (χ0v) is 19.0. The average Bonchev–Trinajstić information content (AvgIpc) is 2.76. The molecule has 1 fully saturated rings. The maximum atomic E-state index is 11.4. The number of amides is 1. The number of halogens is 1. The fourth-order valence-corrected chi connectivity index (χ4v) is 4.45. The Kier molecular flexibility index (Phi) is 8.32. The predicted molar refractivity (Wildman–Crippen MR) is 127 cm³/mol. The molecule has 3 rings (SSSR count). The highest BCUT2D eigenvalue weighted by Crippen LogP contribution is 2.35. The van der Waals surface area contributed by atoms with Gasteiger partial charge in [-0.2, -0.15) is 0 Å². The second kappa shape index (κ2) is 11.2. The number of aliphatic imine (C=N–C) groups is 1. The van der Waals surface area contributed by atoms with E-state index in [2.05, 4.69) is 34.7 Å². The number of carbonyl (C=O) groups excluding carboxylic acids is 1. The van der Waals surface area contributed by atoms with Crippen molar-refractivity contribution in [1.82, 2.24) is 15.5 Å². The second-order valence-electron chi connectivity index (χ2n) is 8.02. The number of likely N-dealkylation sites (tertiary alicyclic amines) is 1. The summed E-state index contributed by atoms with van der Waals surface area (Å²) in [4.78, 5) is 18.5. The van der Waals surface area contributed by atoms with E-state index in [0.29, 0.717) is 24.1 Å². The Morgan fingerprint density at radius 3 is 2.77 bits per heavy atom. The largest absolute Gasteiger partial charge is 0.366 e. The number of guanidine groups is 1. The Labute approximate surface area is 189 Å². The van der Waals surface area contributed by atoms with Crippen LogP contribution in [0.4, 0.5) is 0 Å². The molecule has 0 saturated carbocycles. The van der Waals surface area contributed by atoms with Crippen molar-refractivity contribution < 1.29 is 4.79 Å². The van der Waals surface area contributed by atoms with E-state index in [0.717, 1.165) is 42.6 Å². The summed E-state index contributed by atoms with van der Waals surface area (Å²) in [5.74, 6) is 0.786. The summed E-state index contributed by atoms with van der Waals surface area (Å²) in [6.45, 7) is 5.19. The van der Waals surface area contributed by atoms with Crippen LogP contribution in [0.3, 0.4) is 0 Å². The van der Waals surface area contributed by atoms with E-state index in [1.54, 1.807) is 12.1 Å². The molecule has 0 aliphatic carbocycles. The van der Waals surface area contributed by atoms with Gasteiger partial charge in [-0.05, 0) is 74.7 Å². The molecule has 2 aromatic carbocycles. The van der Waals surface area contributed by atoms with Crippen LogP contribution in [-0.4, -0.2) is 43.4 Å². The zero-order valence-electron chi connectivity index (χ0n) is 18.3. The van der Waals surface area contributed by atoms with Gasteiger partial charge in [0.25, 0.3) is 0 Å². The molecule has 0 spiro atoms. The van der Waals surface area contributed by atoms with Crippen LogP contribution in [-0.2, 0) is 6.54 Å². The summed E-state index contributed by atoms with van der Waals surface area (Å²) in [6.07, 6.45) is 2.32. The summed E-state index contributed by atoms with van der Waals surface area (Å²) >= 11 is 6.27. The second-order valence-corrected chi connectivity index (χ2v) is 8.46. The normalized spacial score (nSPS) is 19.8. The molecular weight excluding hydrogens is 410 g/mol. The molecule has 1 amide bonds. The van der Waals surface area contributed by atoms with Crippen LogP contribution >= 0.6 is 11.6 Å². The molecule has 0 bridgehead atoms. The van der Waals surface area contributed by atoms with Gasteiger partial charge in [-0.1, -0.05) is 35.9 Å². The molecule has 2 atom stereocenters. The predicted octanol–water partition coefficient (Wildman–Crippen LogP) is 3.58. The smallest absolute Gasteiger partial charge is 0.248 e. The van der Waals surface area contributed by atoms with E-state index in [1.807, 2.05) is 31.2 Å². The first-order valence-electron chi connectivity index (χ1n) is 10.8. The van der Waals surface area contributed by atoms with Crippen LogP contribution in [0.15, 0.2) is 53.5 Å². The highest BCUT2D eigenvalue weighted by atomic mass is 35.5. The van der Waals surface area contributed by atoms with Crippen molar-refractivity contribution in [2.24, 2.45) is 16.6 Å². The monoisotopic (exact) mass is 441 g/mol. The maximum absolute atomic E-state index is 11.4. The molecule has 1 saturated heterocycles. The van der Waals surface area contributed by atoms with Gasteiger partial charge in [0.1, 0.15) is 0 Å². The number of hydrogen-bond donors (Lipinski definition) is 3. The number of piperidine rings is 1. The number of carbonyl (C=O) groups is 1. The Balaban J connectivity index is 1.69.